The van der Waals surface area contributed by atoms with Crippen molar-refractivity contribution >= 4 is 30.3 Å². The number of ether oxygens (including phenoxy) is 1. The molecule has 1 aromatic carbocycles. The lowest BCUT2D eigenvalue weighted by Crippen LogP contribution is -2.42. The molecule has 1 aromatic heterocycles. The van der Waals surface area contributed by atoms with Gasteiger partial charge in [0.15, 0.2) is 0 Å². The molecule has 2 aliphatic heterocycles. The largest absolute Gasteiger partial charge is 0.444 e. The molecule has 2 aromatic rings. The third-order valence-electron chi connectivity index (χ3n) is 5.43. The summed E-state index contributed by atoms with van der Waals surface area (Å²) in [5.41, 5.74) is 3.31. The molecule has 0 spiro atoms. The summed E-state index contributed by atoms with van der Waals surface area (Å²) in [6.07, 6.45) is 1.36. The van der Waals surface area contributed by atoms with Crippen molar-refractivity contribution in [2.75, 3.05) is 42.9 Å². The van der Waals surface area contributed by atoms with Crippen LogP contribution in [0.3, 0.4) is 0 Å². The van der Waals surface area contributed by atoms with E-state index >= 15 is 0 Å². The van der Waals surface area contributed by atoms with Gasteiger partial charge in [-0.05, 0) is 25.0 Å². The van der Waals surface area contributed by atoms with Gasteiger partial charge in [-0.25, -0.2) is 9.78 Å². The molecule has 2 N–H and O–H groups in total. The predicted octanol–water partition coefficient (Wildman–Crippen LogP) is 2.95. The van der Waals surface area contributed by atoms with Gasteiger partial charge in [0, 0.05) is 45.5 Å². The number of anilines is 2. The fourth-order valence-corrected chi connectivity index (χ4v) is 3.70. The molecule has 0 aliphatic carbocycles. The number of nitrogens with one attached hydrogen (secondary N) is 2. The van der Waals surface area contributed by atoms with Gasteiger partial charge in [0.25, 0.3) is 0 Å². The van der Waals surface area contributed by atoms with Crippen molar-refractivity contribution in [2.45, 2.75) is 33.0 Å². The first-order chi connectivity index (χ1) is 14.1. The van der Waals surface area contributed by atoms with Gasteiger partial charge < -0.3 is 15.4 Å². The molecule has 0 radical (unpaired) electrons. The summed E-state index contributed by atoms with van der Waals surface area (Å²) in [5, 5.41) is 6.73. The lowest BCUT2D eigenvalue weighted by atomic mass is 10.1. The normalized spacial score (nSPS) is 17.5. The van der Waals surface area contributed by atoms with Crippen molar-refractivity contribution in [1.82, 2.24) is 20.2 Å². The number of hydrogen-bond acceptors (Lipinski definition) is 7. The molecule has 1 saturated heterocycles. The smallest absolute Gasteiger partial charge is 0.415 e. The van der Waals surface area contributed by atoms with E-state index in [4.69, 9.17) is 4.74 Å². The number of benzene rings is 1. The molecule has 4 rings (SSSR count). The maximum Gasteiger partial charge on any atom is 0.415 e. The van der Waals surface area contributed by atoms with E-state index in [0.29, 0.717) is 18.3 Å². The summed E-state index contributed by atoms with van der Waals surface area (Å²) in [6.45, 7) is 10.0. The number of carbonyl (C=O) groups is 1. The van der Waals surface area contributed by atoms with Gasteiger partial charge in [0.05, 0.1) is 11.6 Å². The number of piperazine rings is 1. The van der Waals surface area contributed by atoms with Crippen LogP contribution in [-0.2, 0) is 17.9 Å². The summed E-state index contributed by atoms with van der Waals surface area (Å²) >= 11 is 0. The van der Waals surface area contributed by atoms with Gasteiger partial charge >= 0.3 is 6.09 Å². The van der Waals surface area contributed by atoms with E-state index in [9.17, 15) is 4.79 Å². The Kier molecular flexibility index (Phi) is 7.47. The van der Waals surface area contributed by atoms with Crippen molar-refractivity contribution in [1.29, 1.82) is 0 Å². The Balaban J connectivity index is 0.00000256. The van der Waals surface area contributed by atoms with Crippen molar-refractivity contribution in [3.05, 3.63) is 47.2 Å². The SMILES string of the molecule is CCN1C(=O)OCc2cnc(N[C@@H](C)c3ccc(CN4CCNCC4)cc3)nc21.Cl. The highest BCUT2D eigenvalue weighted by Gasteiger charge is 2.26. The average Bonchev–Trinajstić information content (AvgIpc) is 2.75. The van der Waals surface area contributed by atoms with Crippen molar-refractivity contribution < 1.29 is 9.53 Å². The van der Waals surface area contributed by atoms with Crippen LogP contribution in [0, 0.1) is 0 Å². The van der Waals surface area contributed by atoms with Crippen LogP contribution in [0.5, 0.6) is 0 Å². The highest BCUT2D eigenvalue weighted by molar-refractivity contribution is 5.89. The lowest BCUT2D eigenvalue weighted by Gasteiger charge is -2.27. The number of cyclic esters (lactones) is 1. The monoisotopic (exact) mass is 432 g/mol. The number of aromatic nitrogens is 2. The van der Waals surface area contributed by atoms with Gasteiger partial charge in [0.1, 0.15) is 12.4 Å². The predicted molar refractivity (Wildman–Crippen MR) is 119 cm³/mol. The van der Waals surface area contributed by atoms with E-state index in [-0.39, 0.29) is 31.1 Å². The zero-order valence-electron chi connectivity index (χ0n) is 17.4. The highest BCUT2D eigenvalue weighted by atomic mass is 35.5. The molecule has 2 aliphatic rings. The Morgan fingerprint density at radius 2 is 1.97 bits per heavy atom. The highest BCUT2D eigenvalue weighted by Crippen LogP contribution is 2.26. The number of amides is 1. The van der Waals surface area contributed by atoms with Crippen molar-refractivity contribution in [3.63, 3.8) is 0 Å². The molecule has 162 valence electrons. The molecule has 3 heterocycles. The first-order valence-electron chi connectivity index (χ1n) is 10.2. The van der Waals surface area contributed by atoms with Gasteiger partial charge in [-0.15, -0.1) is 12.4 Å². The summed E-state index contributed by atoms with van der Waals surface area (Å²) in [7, 11) is 0. The molecule has 1 atom stereocenters. The standard InChI is InChI=1S/C21H28N6O2.ClH/c1-3-27-19-18(14-29-21(27)28)12-23-20(25-19)24-15(2)17-6-4-16(5-7-17)13-26-10-8-22-9-11-26;/h4-7,12,15,22H,3,8-11,13-14H2,1-2H3,(H,23,24,25);1H/t15-;/m0./s1. The van der Waals surface area contributed by atoms with E-state index in [1.54, 1.807) is 6.20 Å². The molecule has 8 nitrogen and oxygen atoms in total. The Labute approximate surface area is 183 Å². The lowest BCUT2D eigenvalue weighted by molar-refractivity contribution is 0.141. The number of carbonyl (C=O) groups excluding carboxylic acids is 1. The van der Waals surface area contributed by atoms with Crippen LogP contribution < -0.4 is 15.5 Å². The van der Waals surface area contributed by atoms with Crippen molar-refractivity contribution in [2.24, 2.45) is 0 Å². The summed E-state index contributed by atoms with van der Waals surface area (Å²) in [4.78, 5) is 24.9. The number of hydrogen-bond donors (Lipinski definition) is 2. The van der Waals surface area contributed by atoms with E-state index in [1.165, 1.54) is 16.0 Å². The number of nitrogens with zero attached hydrogens (tertiary/aromatic N) is 4. The Morgan fingerprint density at radius 3 is 2.67 bits per heavy atom. The topological polar surface area (TPSA) is 82.6 Å². The second kappa shape index (κ2) is 10.1. The van der Waals surface area contributed by atoms with Crippen LogP contribution >= 0.6 is 12.4 Å². The van der Waals surface area contributed by atoms with E-state index < -0.39 is 0 Å². The van der Waals surface area contributed by atoms with Gasteiger partial charge in [0.2, 0.25) is 5.95 Å². The molecule has 1 amide bonds. The zero-order chi connectivity index (χ0) is 20.2. The minimum Gasteiger partial charge on any atom is -0.444 e. The second-order valence-electron chi connectivity index (χ2n) is 7.48. The van der Waals surface area contributed by atoms with Crippen LogP contribution in [0.1, 0.15) is 36.6 Å². The molecule has 0 bridgehead atoms. The first-order valence-corrected chi connectivity index (χ1v) is 10.2. The van der Waals surface area contributed by atoms with Crippen LogP contribution in [0.2, 0.25) is 0 Å². The fraction of sp³-hybridized carbons (Fsp3) is 0.476. The molecule has 0 unspecified atom stereocenters. The molecule has 0 saturated carbocycles. The third kappa shape index (κ3) is 5.00. The number of fused-ring (bicyclic) bond motifs is 1. The Morgan fingerprint density at radius 1 is 1.23 bits per heavy atom. The van der Waals surface area contributed by atoms with Crippen LogP contribution in [0.25, 0.3) is 0 Å². The third-order valence-corrected chi connectivity index (χ3v) is 5.43. The van der Waals surface area contributed by atoms with E-state index in [0.717, 1.165) is 38.3 Å². The van der Waals surface area contributed by atoms with Crippen LogP contribution in [0.15, 0.2) is 30.5 Å². The summed E-state index contributed by atoms with van der Waals surface area (Å²) in [6, 6.07) is 8.75. The minimum absolute atomic E-state index is 0. The summed E-state index contributed by atoms with van der Waals surface area (Å²) < 4.78 is 5.14. The van der Waals surface area contributed by atoms with Crippen LogP contribution in [-0.4, -0.2) is 53.7 Å². The first kappa shape index (κ1) is 22.3. The molecular weight excluding hydrogens is 404 g/mol. The molecule has 9 heteroatoms. The van der Waals surface area contributed by atoms with Gasteiger partial charge in [-0.1, -0.05) is 24.3 Å². The van der Waals surface area contributed by atoms with Gasteiger partial charge in [-0.2, -0.15) is 4.98 Å². The average molecular weight is 433 g/mol. The van der Waals surface area contributed by atoms with Crippen molar-refractivity contribution in [3.8, 4) is 0 Å². The molecule has 1 fully saturated rings. The maximum absolute atomic E-state index is 11.9. The fourth-order valence-electron chi connectivity index (χ4n) is 3.70. The van der Waals surface area contributed by atoms with E-state index in [2.05, 4.69) is 56.7 Å². The minimum atomic E-state index is -0.363. The second-order valence-corrected chi connectivity index (χ2v) is 7.48. The number of halogens is 1. The molecule has 30 heavy (non-hydrogen) atoms. The zero-order valence-corrected chi connectivity index (χ0v) is 18.2. The quantitative estimate of drug-likeness (QED) is 0.726. The maximum atomic E-state index is 11.9. The van der Waals surface area contributed by atoms with Crippen LogP contribution in [0.4, 0.5) is 16.6 Å². The Hall–Kier alpha value is -2.42. The Bertz CT molecular complexity index is 857. The molecular formula is C21H29ClN6O2. The van der Waals surface area contributed by atoms with Gasteiger partial charge in [-0.3, -0.25) is 9.80 Å². The number of rotatable bonds is 6. The summed E-state index contributed by atoms with van der Waals surface area (Å²) in [5.74, 6) is 1.13. The van der Waals surface area contributed by atoms with E-state index in [1.807, 2.05) is 6.92 Å².